The molecule has 8 rings (SSSR count). The van der Waals surface area contributed by atoms with Gasteiger partial charge in [-0.2, -0.15) is 0 Å². The van der Waals surface area contributed by atoms with Gasteiger partial charge in [-0.3, -0.25) is 4.90 Å². The fraction of sp³-hybridized carbons (Fsp3) is 0.0811. The lowest BCUT2D eigenvalue weighted by Crippen LogP contribution is -2.18. The molecule has 3 nitrogen and oxygen atoms in total. The Kier molecular flexibility index (Phi) is 4.86. The van der Waals surface area contributed by atoms with Crippen LogP contribution in [-0.4, -0.2) is 9.97 Å². The molecule has 0 amide bonds. The van der Waals surface area contributed by atoms with Crippen molar-refractivity contribution in [3.8, 4) is 33.6 Å². The average molecular weight is 514 g/mol. The predicted octanol–water partition coefficient (Wildman–Crippen LogP) is 9.39. The van der Waals surface area contributed by atoms with Gasteiger partial charge in [0.2, 0.25) is 5.95 Å². The molecule has 6 aromatic rings. The lowest BCUT2D eigenvalue weighted by molar-refractivity contribution is 0.666. The smallest absolute Gasteiger partial charge is 0.235 e. The van der Waals surface area contributed by atoms with Crippen LogP contribution in [0.1, 0.15) is 30.5 Å². The first-order chi connectivity index (χ1) is 19.6. The first kappa shape index (κ1) is 22.9. The molecule has 0 N–H and O–H groups in total. The second-order valence-corrected chi connectivity index (χ2v) is 11.1. The summed E-state index contributed by atoms with van der Waals surface area (Å²) in [5.41, 5.74) is 11.7. The zero-order valence-corrected chi connectivity index (χ0v) is 22.5. The van der Waals surface area contributed by atoms with Crippen LogP contribution < -0.4 is 4.90 Å². The third-order valence-electron chi connectivity index (χ3n) is 8.42. The molecule has 0 saturated carbocycles. The van der Waals surface area contributed by atoms with Crippen molar-refractivity contribution >= 4 is 28.5 Å². The first-order valence-electron chi connectivity index (χ1n) is 13.8. The van der Waals surface area contributed by atoms with E-state index in [1.165, 1.54) is 38.6 Å². The van der Waals surface area contributed by atoms with Gasteiger partial charge in [0.05, 0.1) is 17.1 Å². The van der Waals surface area contributed by atoms with E-state index >= 15 is 0 Å². The summed E-state index contributed by atoms with van der Waals surface area (Å²) >= 11 is 0. The Morgan fingerprint density at radius 3 is 1.98 bits per heavy atom. The van der Waals surface area contributed by atoms with Crippen LogP contribution in [0, 0.1) is 0 Å². The number of rotatable bonds is 3. The SMILES string of the molecule is CC1(C)c2ccccc2-c2cc3c4c(cccc4c21)N(c1nc(-c2ccccc2)cc(-c2ccccc2)n1)C=C3. The highest BCUT2D eigenvalue weighted by atomic mass is 15.2. The van der Waals surface area contributed by atoms with Crippen LogP contribution in [0.15, 0.2) is 121 Å². The van der Waals surface area contributed by atoms with Crippen molar-refractivity contribution in [1.29, 1.82) is 0 Å². The molecule has 190 valence electrons. The van der Waals surface area contributed by atoms with Gasteiger partial charge in [-0.25, -0.2) is 9.97 Å². The van der Waals surface area contributed by atoms with Gasteiger partial charge in [-0.05, 0) is 57.5 Å². The fourth-order valence-corrected chi connectivity index (χ4v) is 6.58. The van der Waals surface area contributed by atoms with Crippen molar-refractivity contribution in [3.05, 3.63) is 138 Å². The van der Waals surface area contributed by atoms with Crippen LogP contribution in [0.4, 0.5) is 11.6 Å². The van der Waals surface area contributed by atoms with E-state index in [9.17, 15) is 0 Å². The van der Waals surface area contributed by atoms with E-state index in [1.54, 1.807) is 0 Å². The third kappa shape index (κ3) is 3.31. The van der Waals surface area contributed by atoms with Crippen LogP contribution in [0.5, 0.6) is 0 Å². The summed E-state index contributed by atoms with van der Waals surface area (Å²) in [5.74, 6) is 0.664. The summed E-state index contributed by atoms with van der Waals surface area (Å²) in [5, 5.41) is 2.54. The molecule has 0 bridgehead atoms. The summed E-state index contributed by atoms with van der Waals surface area (Å²) in [6.07, 6.45) is 4.33. The molecule has 0 spiro atoms. The quantitative estimate of drug-likeness (QED) is 0.236. The molecule has 1 aliphatic carbocycles. The topological polar surface area (TPSA) is 29.0 Å². The number of nitrogens with zero attached hydrogens (tertiary/aromatic N) is 3. The number of hydrogen-bond donors (Lipinski definition) is 0. The lowest BCUT2D eigenvalue weighted by atomic mass is 9.79. The largest absolute Gasteiger partial charge is 0.285 e. The van der Waals surface area contributed by atoms with E-state index in [2.05, 4.69) is 134 Å². The van der Waals surface area contributed by atoms with Crippen molar-refractivity contribution < 1.29 is 0 Å². The molecular weight excluding hydrogens is 486 g/mol. The van der Waals surface area contributed by atoms with Crippen molar-refractivity contribution in [1.82, 2.24) is 9.97 Å². The zero-order valence-electron chi connectivity index (χ0n) is 22.5. The summed E-state index contributed by atoms with van der Waals surface area (Å²) in [6, 6.07) is 40.6. The Balaban J connectivity index is 1.35. The summed E-state index contributed by atoms with van der Waals surface area (Å²) in [6.45, 7) is 4.70. The Labute approximate surface area is 234 Å². The minimum absolute atomic E-state index is 0.0841. The van der Waals surface area contributed by atoms with E-state index in [-0.39, 0.29) is 5.41 Å². The highest BCUT2D eigenvalue weighted by molar-refractivity contribution is 6.10. The number of hydrogen-bond acceptors (Lipinski definition) is 3. The summed E-state index contributed by atoms with van der Waals surface area (Å²) < 4.78 is 0. The Morgan fingerprint density at radius 2 is 1.27 bits per heavy atom. The molecule has 1 aromatic heterocycles. The molecule has 0 unspecified atom stereocenters. The van der Waals surface area contributed by atoms with Crippen molar-refractivity contribution in [2.45, 2.75) is 19.3 Å². The highest BCUT2D eigenvalue weighted by Gasteiger charge is 2.38. The molecular formula is C37H27N3. The second-order valence-electron chi connectivity index (χ2n) is 11.1. The van der Waals surface area contributed by atoms with Gasteiger partial charge >= 0.3 is 0 Å². The maximum absolute atomic E-state index is 5.11. The van der Waals surface area contributed by atoms with Gasteiger partial charge in [0, 0.05) is 28.1 Å². The Bertz CT molecular complexity index is 1910. The number of aromatic nitrogens is 2. The summed E-state index contributed by atoms with van der Waals surface area (Å²) in [7, 11) is 0. The molecule has 2 aliphatic rings. The molecule has 40 heavy (non-hydrogen) atoms. The van der Waals surface area contributed by atoms with Gasteiger partial charge < -0.3 is 0 Å². The minimum atomic E-state index is -0.0841. The first-order valence-corrected chi connectivity index (χ1v) is 13.8. The Hall–Kier alpha value is -5.02. The van der Waals surface area contributed by atoms with Gasteiger partial charge in [-0.1, -0.05) is 111 Å². The van der Waals surface area contributed by atoms with E-state index in [4.69, 9.17) is 9.97 Å². The molecule has 5 aromatic carbocycles. The summed E-state index contributed by atoms with van der Waals surface area (Å²) in [4.78, 5) is 12.4. The van der Waals surface area contributed by atoms with E-state index in [0.29, 0.717) is 5.95 Å². The monoisotopic (exact) mass is 513 g/mol. The molecule has 0 atom stereocenters. The van der Waals surface area contributed by atoms with Crippen molar-refractivity contribution in [2.75, 3.05) is 4.90 Å². The molecule has 2 heterocycles. The van der Waals surface area contributed by atoms with Crippen LogP contribution in [0.3, 0.4) is 0 Å². The van der Waals surface area contributed by atoms with Crippen LogP contribution in [-0.2, 0) is 5.41 Å². The minimum Gasteiger partial charge on any atom is -0.285 e. The van der Waals surface area contributed by atoms with Crippen molar-refractivity contribution in [3.63, 3.8) is 0 Å². The molecule has 0 fully saturated rings. The van der Waals surface area contributed by atoms with Crippen molar-refractivity contribution in [2.24, 2.45) is 0 Å². The van der Waals surface area contributed by atoms with Crippen LogP contribution >= 0.6 is 0 Å². The number of fused-ring (bicyclic) bond motifs is 4. The average Bonchev–Trinajstić information content (AvgIpc) is 3.24. The normalized spacial score (nSPS) is 14.3. The van der Waals surface area contributed by atoms with Gasteiger partial charge in [0.25, 0.3) is 0 Å². The molecule has 3 heteroatoms. The maximum Gasteiger partial charge on any atom is 0.235 e. The van der Waals surface area contributed by atoms with E-state index in [0.717, 1.165) is 28.2 Å². The molecule has 0 radical (unpaired) electrons. The van der Waals surface area contributed by atoms with Gasteiger partial charge in [0.15, 0.2) is 0 Å². The predicted molar refractivity (Wildman–Crippen MR) is 166 cm³/mol. The molecule has 0 saturated heterocycles. The zero-order chi connectivity index (χ0) is 26.8. The van der Waals surface area contributed by atoms with E-state index in [1.807, 2.05) is 12.1 Å². The van der Waals surface area contributed by atoms with E-state index < -0.39 is 0 Å². The lowest BCUT2D eigenvalue weighted by Gasteiger charge is -2.29. The second kappa shape index (κ2) is 8.49. The van der Waals surface area contributed by atoms with Crippen LogP contribution in [0.2, 0.25) is 0 Å². The standard InChI is InChI=1S/C37H27N3/c1-37(2)30-18-10-9-16-27(30)29-22-26-20-21-40(33-19-11-17-28(34(26)33)35(29)37)36-38-31(24-12-5-3-6-13-24)23-32(39-36)25-14-7-4-8-15-25/h3-23H,1-2H3. The molecule has 1 aliphatic heterocycles. The highest BCUT2D eigenvalue weighted by Crippen LogP contribution is 2.54. The maximum atomic E-state index is 5.11. The third-order valence-corrected chi connectivity index (χ3v) is 8.42. The van der Waals surface area contributed by atoms with Crippen LogP contribution in [0.25, 0.3) is 50.5 Å². The fourth-order valence-electron chi connectivity index (χ4n) is 6.58. The number of anilines is 2. The van der Waals surface area contributed by atoms with Gasteiger partial charge in [0.1, 0.15) is 0 Å². The Morgan fingerprint density at radius 1 is 0.625 bits per heavy atom. The van der Waals surface area contributed by atoms with Gasteiger partial charge in [-0.15, -0.1) is 0 Å². The number of benzene rings is 5.